The number of benzene rings is 1. The van der Waals surface area contributed by atoms with Gasteiger partial charge in [0, 0.05) is 0 Å². The van der Waals surface area contributed by atoms with Gasteiger partial charge >= 0.3 is 6.03 Å². The molecule has 0 bridgehead atoms. The van der Waals surface area contributed by atoms with Crippen LogP contribution in [0.2, 0.25) is 0 Å². The summed E-state index contributed by atoms with van der Waals surface area (Å²) >= 11 is 0. The van der Waals surface area contributed by atoms with Crippen molar-refractivity contribution >= 4 is 11.9 Å². The molecule has 0 aromatic heterocycles. The van der Waals surface area contributed by atoms with Gasteiger partial charge in [-0.3, -0.25) is 10.1 Å². The van der Waals surface area contributed by atoms with Gasteiger partial charge in [-0.15, -0.1) is 0 Å². The zero-order valence-electron chi connectivity index (χ0n) is 12.7. The highest BCUT2D eigenvalue weighted by atomic mass is 16.5. The summed E-state index contributed by atoms with van der Waals surface area (Å²) in [5.74, 6) is 0.862. The third-order valence-electron chi connectivity index (χ3n) is 3.33. The van der Waals surface area contributed by atoms with Gasteiger partial charge in [0.1, 0.15) is 6.54 Å². The van der Waals surface area contributed by atoms with E-state index in [0.29, 0.717) is 18.0 Å². The third kappa shape index (κ3) is 4.35. The minimum atomic E-state index is -0.849. The maximum atomic E-state index is 11.8. The van der Waals surface area contributed by atoms with Crippen molar-refractivity contribution in [2.75, 3.05) is 21.3 Å². The molecular formula is C14H22N3O4+. The predicted molar refractivity (Wildman–Crippen MR) is 77.3 cm³/mol. The number of urea groups is 1. The summed E-state index contributed by atoms with van der Waals surface area (Å²) in [5, 5.41) is 2.08. The Morgan fingerprint density at radius 3 is 2.52 bits per heavy atom. The Hall–Kier alpha value is -2.28. The lowest BCUT2D eigenvalue weighted by molar-refractivity contribution is -0.908. The second kappa shape index (κ2) is 7.49. The van der Waals surface area contributed by atoms with Crippen molar-refractivity contribution in [1.82, 2.24) is 5.32 Å². The Balaban J connectivity index is 2.85. The number of quaternary nitrogens is 1. The summed E-state index contributed by atoms with van der Waals surface area (Å²) in [6.07, 6.45) is 0. The molecule has 0 spiro atoms. The molecule has 3 amide bonds. The predicted octanol–water partition coefficient (Wildman–Crippen LogP) is -0.698. The topological polar surface area (TPSA) is 95.1 Å². The van der Waals surface area contributed by atoms with Gasteiger partial charge in [-0.05, 0) is 19.1 Å². The van der Waals surface area contributed by atoms with Crippen molar-refractivity contribution in [3.05, 3.63) is 23.8 Å². The lowest BCUT2D eigenvalue weighted by Gasteiger charge is -2.22. The smallest absolute Gasteiger partial charge is 0.319 e. The van der Waals surface area contributed by atoms with Crippen LogP contribution in [0.4, 0.5) is 4.79 Å². The van der Waals surface area contributed by atoms with Crippen LogP contribution in [0.1, 0.15) is 12.5 Å². The lowest BCUT2D eigenvalue weighted by Crippen LogP contribution is -3.12. The standard InChI is InChI=1S/C14H21N3O4/c1-9(13(18)16-14(15)19)17(2)8-10-6-5-7-11(20-3)12(10)21-4/h5-7,9H,8H2,1-4H3,(H3,15,16,18,19)/p+1/t9-/m0/s1. The largest absolute Gasteiger partial charge is 0.493 e. The summed E-state index contributed by atoms with van der Waals surface area (Å²) in [6, 6.07) is 4.29. The number of imide groups is 1. The molecule has 0 saturated heterocycles. The van der Waals surface area contributed by atoms with E-state index in [-0.39, 0.29) is 0 Å². The number of carbonyl (C=O) groups excluding carboxylic acids is 2. The number of likely N-dealkylation sites (N-methyl/N-ethyl adjacent to an activating group) is 1. The van der Waals surface area contributed by atoms with Gasteiger partial charge in [-0.25, -0.2) is 4.79 Å². The van der Waals surface area contributed by atoms with Gasteiger partial charge in [-0.2, -0.15) is 0 Å². The van der Waals surface area contributed by atoms with E-state index in [0.717, 1.165) is 10.5 Å². The normalized spacial score (nSPS) is 13.1. The van der Waals surface area contributed by atoms with Crippen LogP contribution in [0.25, 0.3) is 0 Å². The maximum Gasteiger partial charge on any atom is 0.319 e. The molecule has 0 fully saturated rings. The van der Waals surface area contributed by atoms with Crippen LogP contribution in [0.3, 0.4) is 0 Å². The Morgan fingerprint density at radius 2 is 2.00 bits per heavy atom. The van der Waals surface area contributed by atoms with E-state index < -0.39 is 18.0 Å². The van der Waals surface area contributed by atoms with Crippen LogP contribution in [0.5, 0.6) is 11.5 Å². The SMILES string of the molecule is COc1cccc(C[NH+](C)[C@@H](C)C(=O)NC(N)=O)c1OC. The first-order valence-electron chi connectivity index (χ1n) is 6.53. The minimum Gasteiger partial charge on any atom is -0.493 e. The second-order valence-corrected chi connectivity index (χ2v) is 4.75. The van der Waals surface area contributed by atoms with Crippen molar-refractivity contribution in [2.45, 2.75) is 19.5 Å². The molecule has 1 aromatic carbocycles. The molecule has 0 aliphatic heterocycles. The number of methoxy groups -OCH3 is 2. The van der Waals surface area contributed by atoms with Gasteiger partial charge < -0.3 is 20.1 Å². The molecule has 21 heavy (non-hydrogen) atoms. The number of hydrogen-bond donors (Lipinski definition) is 3. The highest BCUT2D eigenvalue weighted by Gasteiger charge is 2.24. The number of primary amides is 1. The van der Waals surface area contributed by atoms with Gasteiger partial charge in [-0.1, -0.05) is 6.07 Å². The van der Waals surface area contributed by atoms with Crippen LogP contribution in [-0.4, -0.2) is 39.2 Å². The number of rotatable bonds is 6. The second-order valence-electron chi connectivity index (χ2n) is 4.75. The van der Waals surface area contributed by atoms with Crippen LogP contribution in [0.15, 0.2) is 18.2 Å². The third-order valence-corrected chi connectivity index (χ3v) is 3.33. The number of amides is 3. The molecule has 116 valence electrons. The van der Waals surface area contributed by atoms with E-state index in [1.807, 2.05) is 19.2 Å². The summed E-state index contributed by atoms with van der Waals surface area (Å²) in [4.78, 5) is 23.4. The molecule has 7 heteroatoms. The molecule has 1 unspecified atom stereocenters. The lowest BCUT2D eigenvalue weighted by atomic mass is 10.1. The summed E-state index contributed by atoms with van der Waals surface area (Å²) in [5.41, 5.74) is 5.86. The first kappa shape index (κ1) is 16.8. The summed E-state index contributed by atoms with van der Waals surface area (Å²) in [7, 11) is 4.99. The van der Waals surface area contributed by atoms with Crippen molar-refractivity contribution in [3.63, 3.8) is 0 Å². The summed E-state index contributed by atoms with van der Waals surface area (Å²) in [6.45, 7) is 2.26. The first-order valence-corrected chi connectivity index (χ1v) is 6.53. The van der Waals surface area contributed by atoms with Gasteiger partial charge in [0.05, 0.1) is 26.8 Å². The molecule has 7 nitrogen and oxygen atoms in total. The van der Waals surface area contributed by atoms with E-state index in [1.54, 1.807) is 27.2 Å². The summed E-state index contributed by atoms with van der Waals surface area (Å²) < 4.78 is 10.6. The molecule has 1 rings (SSSR count). The van der Waals surface area contributed by atoms with Crippen LogP contribution in [-0.2, 0) is 11.3 Å². The van der Waals surface area contributed by atoms with Crippen LogP contribution < -0.4 is 25.4 Å². The molecule has 0 aliphatic rings. The maximum absolute atomic E-state index is 11.8. The van der Waals surface area contributed by atoms with Gasteiger partial charge in [0.15, 0.2) is 17.5 Å². The molecule has 2 atom stereocenters. The molecule has 0 radical (unpaired) electrons. The number of hydrogen-bond acceptors (Lipinski definition) is 4. The Morgan fingerprint density at radius 1 is 1.33 bits per heavy atom. The van der Waals surface area contributed by atoms with Gasteiger partial charge in [0.2, 0.25) is 0 Å². The van der Waals surface area contributed by atoms with E-state index in [9.17, 15) is 9.59 Å². The molecule has 0 aliphatic carbocycles. The zero-order chi connectivity index (χ0) is 16.0. The number of nitrogens with two attached hydrogens (primary N) is 1. The fourth-order valence-corrected chi connectivity index (χ4v) is 2.00. The van der Waals surface area contributed by atoms with Crippen molar-refractivity contribution in [2.24, 2.45) is 5.73 Å². The Kier molecular flexibility index (Phi) is 5.98. The van der Waals surface area contributed by atoms with Gasteiger partial charge in [0.25, 0.3) is 5.91 Å². The van der Waals surface area contributed by atoms with Crippen LogP contribution >= 0.6 is 0 Å². The molecule has 0 saturated carbocycles. The number of para-hydroxylation sites is 1. The average molecular weight is 296 g/mol. The first-order chi connectivity index (χ1) is 9.90. The highest BCUT2D eigenvalue weighted by Crippen LogP contribution is 2.30. The quantitative estimate of drug-likeness (QED) is 0.647. The highest BCUT2D eigenvalue weighted by molar-refractivity contribution is 5.95. The monoisotopic (exact) mass is 296 g/mol. The number of carbonyl (C=O) groups is 2. The molecule has 0 heterocycles. The molecule has 4 N–H and O–H groups in total. The number of nitrogens with one attached hydrogen (secondary N) is 2. The van der Waals surface area contributed by atoms with Crippen molar-refractivity contribution in [3.8, 4) is 11.5 Å². The van der Waals surface area contributed by atoms with E-state index in [4.69, 9.17) is 15.2 Å². The average Bonchev–Trinajstić information content (AvgIpc) is 2.45. The molecular weight excluding hydrogens is 274 g/mol. The van der Waals surface area contributed by atoms with E-state index in [1.165, 1.54) is 0 Å². The van der Waals surface area contributed by atoms with E-state index in [2.05, 4.69) is 5.32 Å². The van der Waals surface area contributed by atoms with Crippen molar-refractivity contribution < 1.29 is 24.0 Å². The fourth-order valence-electron chi connectivity index (χ4n) is 2.00. The fraction of sp³-hybridized carbons (Fsp3) is 0.429. The van der Waals surface area contributed by atoms with Crippen molar-refractivity contribution in [1.29, 1.82) is 0 Å². The minimum absolute atomic E-state index is 0.415. The Labute approximate surface area is 124 Å². The van der Waals surface area contributed by atoms with E-state index >= 15 is 0 Å². The number of ether oxygens (including phenoxy) is 2. The van der Waals surface area contributed by atoms with Crippen LogP contribution in [0, 0.1) is 0 Å². The Bertz CT molecular complexity index is 519. The zero-order valence-corrected chi connectivity index (χ0v) is 12.7. The molecule has 1 aromatic rings.